The first-order valence-corrected chi connectivity index (χ1v) is 7.14. The molecule has 6 nitrogen and oxygen atoms in total. The fourth-order valence-electron chi connectivity index (χ4n) is 2.61. The van der Waals surface area contributed by atoms with Crippen molar-refractivity contribution in [1.29, 1.82) is 0 Å². The van der Waals surface area contributed by atoms with Crippen molar-refractivity contribution >= 4 is 17.5 Å². The number of pyridine rings is 1. The Morgan fingerprint density at radius 2 is 1.78 bits per heavy atom. The average molecular weight is 312 g/mol. The molecule has 1 aliphatic rings. The quantitative estimate of drug-likeness (QED) is 0.873. The molecule has 1 aromatic carbocycles. The molecular formula is C17H16N2O4. The van der Waals surface area contributed by atoms with Gasteiger partial charge in [-0.3, -0.25) is 9.59 Å². The molecule has 1 N–H and O–H groups in total. The van der Waals surface area contributed by atoms with E-state index in [1.54, 1.807) is 13.2 Å². The standard InChI is InChI=1S/C17H16N2O4/c1-22-11-5-3-10(4-6-11)7-13-14-8-12(23-2)9-18-16(14)19-17(21)15(13)20/h3-6,8-9,13H,7H2,1-2H3,(H,18,19,21). The lowest BCUT2D eigenvalue weighted by atomic mass is 9.86. The number of Topliss-reactive ketones (excluding diaryl/α,β-unsaturated/α-hetero) is 1. The number of fused-ring (bicyclic) bond motifs is 1. The van der Waals surface area contributed by atoms with Gasteiger partial charge in [0.2, 0.25) is 5.78 Å². The Bertz CT molecular complexity index is 756. The number of nitrogens with one attached hydrogen (secondary N) is 1. The zero-order valence-electron chi connectivity index (χ0n) is 12.8. The first-order valence-electron chi connectivity index (χ1n) is 7.14. The van der Waals surface area contributed by atoms with Crippen LogP contribution in [0.25, 0.3) is 0 Å². The van der Waals surface area contributed by atoms with Gasteiger partial charge in [0.05, 0.1) is 26.3 Å². The highest BCUT2D eigenvalue weighted by Gasteiger charge is 2.35. The lowest BCUT2D eigenvalue weighted by Gasteiger charge is -2.24. The zero-order valence-corrected chi connectivity index (χ0v) is 12.8. The van der Waals surface area contributed by atoms with Gasteiger partial charge >= 0.3 is 0 Å². The van der Waals surface area contributed by atoms with Crippen LogP contribution in [-0.4, -0.2) is 30.9 Å². The number of rotatable bonds is 4. The minimum atomic E-state index is -0.631. The van der Waals surface area contributed by atoms with Crippen molar-refractivity contribution in [2.45, 2.75) is 12.3 Å². The maximum absolute atomic E-state index is 12.3. The number of carbonyl (C=O) groups excluding carboxylic acids is 2. The topological polar surface area (TPSA) is 77.5 Å². The lowest BCUT2D eigenvalue weighted by molar-refractivity contribution is -0.136. The minimum absolute atomic E-state index is 0.411. The second-order valence-corrected chi connectivity index (χ2v) is 5.24. The van der Waals surface area contributed by atoms with Crippen LogP contribution in [0.15, 0.2) is 36.5 Å². The van der Waals surface area contributed by atoms with Gasteiger partial charge in [0, 0.05) is 5.56 Å². The second-order valence-electron chi connectivity index (χ2n) is 5.24. The summed E-state index contributed by atoms with van der Waals surface area (Å²) in [5, 5.41) is 2.52. The third-order valence-corrected chi connectivity index (χ3v) is 3.87. The molecule has 23 heavy (non-hydrogen) atoms. The molecule has 0 aliphatic carbocycles. The molecule has 0 saturated heterocycles. The molecule has 1 amide bonds. The van der Waals surface area contributed by atoms with Crippen LogP contribution >= 0.6 is 0 Å². The fourth-order valence-corrected chi connectivity index (χ4v) is 2.61. The Kier molecular flexibility index (Phi) is 3.97. The Labute approximate surface area is 133 Å². The molecule has 1 aliphatic heterocycles. The zero-order chi connectivity index (χ0) is 16.4. The summed E-state index contributed by atoms with van der Waals surface area (Å²) >= 11 is 0. The normalized spacial score (nSPS) is 16.5. The number of nitrogens with zero attached hydrogens (tertiary/aromatic N) is 1. The average Bonchev–Trinajstić information content (AvgIpc) is 2.59. The number of ether oxygens (including phenoxy) is 2. The number of hydrogen-bond donors (Lipinski definition) is 1. The molecule has 2 heterocycles. The van der Waals surface area contributed by atoms with Crippen LogP contribution in [0, 0.1) is 0 Å². The number of aromatic nitrogens is 1. The molecule has 0 bridgehead atoms. The Morgan fingerprint density at radius 1 is 1.09 bits per heavy atom. The van der Waals surface area contributed by atoms with E-state index in [1.807, 2.05) is 24.3 Å². The summed E-state index contributed by atoms with van der Waals surface area (Å²) in [6, 6.07) is 9.16. The fraction of sp³-hybridized carbons (Fsp3) is 0.235. The molecule has 0 spiro atoms. The number of amides is 1. The van der Waals surface area contributed by atoms with Gasteiger partial charge in [0.1, 0.15) is 17.3 Å². The summed E-state index contributed by atoms with van der Waals surface area (Å²) in [6.07, 6.45) is 1.93. The summed E-state index contributed by atoms with van der Waals surface area (Å²) in [7, 11) is 3.13. The van der Waals surface area contributed by atoms with Gasteiger partial charge in [-0.05, 0) is 30.2 Å². The van der Waals surface area contributed by atoms with E-state index < -0.39 is 17.6 Å². The minimum Gasteiger partial charge on any atom is -0.497 e. The van der Waals surface area contributed by atoms with Crippen molar-refractivity contribution in [2.24, 2.45) is 0 Å². The second kappa shape index (κ2) is 6.08. The molecule has 0 saturated carbocycles. The van der Waals surface area contributed by atoms with E-state index in [0.29, 0.717) is 23.6 Å². The number of anilines is 1. The van der Waals surface area contributed by atoms with E-state index in [-0.39, 0.29) is 0 Å². The SMILES string of the molecule is COc1ccc(CC2C(=O)C(=O)Nc3ncc(OC)cc32)cc1. The Morgan fingerprint density at radius 3 is 2.43 bits per heavy atom. The van der Waals surface area contributed by atoms with E-state index in [4.69, 9.17) is 9.47 Å². The van der Waals surface area contributed by atoms with Gasteiger partial charge < -0.3 is 14.8 Å². The van der Waals surface area contributed by atoms with E-state index in [2.05, 4.69) is 10.3 Å². The molecule has 0 fully saturated rings. The number of carbonyl (C=O) groups is 2. The lowest BCUT2D eigenvalue weighted by Crippen LogP contribution is -2.35. The summed E-state index contributed by atoms with van der Waals surface area (Å²) in [5.41, 5.74) is 1.61. The monoisotopic (exact) mass is 312 g/mol. The largest absolute Gasteiger partial charge is 0.497 e. The molecule has 1 atom stereocenters. The molecule has 2 aromatic rings. The maximum Gasteiger partial charge on any atom is 0.293 e. The van der Waals surface area contributed by atoms with Gasteiger partial charge in [-0.1, -0.05) is 12.1 Å². The van der Waals surface area contributed by atoms with Crippen LogP contribution in [0.4, 0.5) is 5.82 Å². The summed E-state index contributed by atoms with van der Waals surface area (Å²) < 4.78 is 10.3. The molecule has 3 rings (SSSR count). The van der Waals surface area contributed by atoms with Crippen molar-refractivity contribution < 1.29 is 19.1 Å². The van der Waals surface area contributed by atoms with E-state index >= 15 is 0 Å². The summed E-state index contributed by atoms with van der Waals surface area (Å²) in [5.74, 6) is 0.0262. The van der Waals surface area contributed by atoms with Gasteiger partial charge in [0.25, 0.3) is 5.91 Å². The third kappa shape index (κ3) is 2.88. The smallest absolute Gasteiger partial charge is 0.293 e. The van der Waals surface area contributed by atoms with Crippen molar-refractivity contribution in [2.75, 3.05) is 19.5 Å². The van der Waals surface area contributed by atoms with Gasteiger partial charge in [-0.15, -0.1) is 0 Å². The number of benzene rings is 1. The van der Waals surface area contributed by atoms with Crippen LogP contribution in [0.2, 0.25) is 0 Å². The van der Waals surface area contributed by atoms with Crippen LogP contribution in [0.3, 0.4) is 0 Å². The molecular weight excluding hydrogens is 296 g/mol. The third-order valence-electron chi connectivity index (χ3n) is 3.87. The first-order chi connectivity index (χ1) is 11.1. The summed E-state index contributed by atoms with van der Waals surface area (Å²) in [6.45, 7) is 0. The van der Waals surface area contributed by atoms with E-state index in [1.165, 1.54) is 13.3 Å². The van der Waals surface area contributed by atoms with Crippen molar-refractivity contribution in [3.8, 4) is 11.5 Å². The van der Waals surface area contributed by atoms with E-state index in [9.17, 15) is 9.59 Å². The molecule has 0 radical (unpaired) electrons. The van der Waals surface area contributed by atoms with Crippen LogP contribution in [0.5, 0.6) is 11.5 Å². The number of methoxy groups -OCH3 is 2. The number of hydrogen-bond acceptors (Lipinski definition) is 5. The van der Waals surface area contributed by atoms with Crippen LogP contribution < -0.4 is 14.8 Å². The molecule has 1 aromatic heterocycles. The Hall–Kier alpha value is -2.89. The van der Waals surface area contributed by atoms with Gasteiger partial charge in [-0.2, -0.15) is 0 Å². The van der Waals surface area contributed by atoms with Gasteiger partial charge in [0.15, 0.2) is 0 Å². The van der Waals surface area contributed by atoms with Crippen molar-refractivity contribution in [1.82, 2.24) is 4.98 Å². The van der Waals surface area contributed by atoms with Crippen molar-refractivity contribution in [3.63, 3.8) is 0 Å². The molecule has 1 unspecified atom stereocenters. The highest BCUT2D eigenvalue weighted by atomic mass is 16.5. The van der Waals surface area contributed by atoms with Crippen LogP contribution in [0.1, 0.15) is 17.0 Å². The highest BCUT2D eigenvalue weighted by Crippen LogP contribution is 2.33. The maximum atomic E-state index is 12.3. The molecule has 6 heteroatoms. The van der Waals surface area contributed by atoms with Crippen molar-refractivity contribution in [3.05, 3.63) is 47.7 Å². The predicted octanol–water partition coefficient (Wildman–Crippen LogP) is 1.95. The first kappa shape index (κ1) is 15.0. The number of ketones is 1. The Balaban J connectivity index is 1.96. The summed E-state index contributed by atoms with van der Waals surface area (Å²) in [4.78, 5) is 28.3. The molecule has 118 valence electrons. The predicted molar refractivity (Wildman–Crippen MR) is 83.9 cm³/mol. The van der Waals surface area contributed by atoms with Crippen LogP contribution in [-0.2, 0) is 16.0 Å². The van der Waals surface area contributed by atoms with E-state index in [0.717, 1.165) is 11.3 Å². The highest BCUT2D eigenvalue weighted by molar-refractivity contribution is 6.44. The van der Waals surface area contributed by atoms with Gasteiger partial charge in [-0.25, -0.2) is 4.98 Å².